The van der Waals surface area contributed by atoms with Gasteiger partial charge in [-0.15, -0.1) is 0 Å². The molecule has 1 fully saturated rings. The minimum Gasteiger partial charge on any atom is -0.393 e. The summed E-state index contributed by atoms with van der Waals surface area (Å²) >= 11 is 5.83. The fourth-order valence-corrected chi connectivity index (χ4v) is 2.59. The molecule has 3 N–H and O–H groups in total. The van der Waals surface area contributed by atoms with Crippen LogP contribution in [0.5, 0.6) is 0 Å². The number of hydrogen-bond acceptors (Lipinski definition) is 3. The topological polar surface area (TPSA) is 74.2 Å². The summed E-state index contributed by atoms with van der Waals surface area (Å²) < 4.78 is 0. The van der Waals surface area contributed by atoms with E-state index in [1.165, 1.54) is 6.20 Å². The highest BCUT2D eigenvalue weighted by Crippen LogP contribution is 2.23. The highest BCUT2D eigenvalue weighted by atomic mass is 35.5. The second-order valence-electron chi connectivity index (χ2n) is 5.35. The van der Waals surface area contributed by atoms with Gasteiger partial charge >= 0.3 is 6.03 Å². The number of aromatic nitrogens is 1. The fourth-order valence-electron chi connectivity index (χ4n) is 2.49. The number of aliphatic hydroxyl groups is 1. The first-order valence-electron chi connectivity index (χ1n) is 6.89. The third-order valence-electron chi connectivity index (χ3n) is 3.58. The van der Waals surface area contributed by atoms with Crippen molar-refractivity contribution in [2.45, 2.75) is 38.7 Å². The van der Waals surface area contributed by atoms with Gasteiger partial charge in [0.1, 0.15) is 5.15 Å². The molecule has 0 radical (unpaired) electrons. The first-order chi connectivity index (χ1) is 9.54. The maximum absolute atomic E-state index is 11.8. The van der Waals surface area contributed by atoms with Gasteiger partial charge < -0.3 is 15.7 Å². The molecule has 2 unspecified atom stereocenters. The Hall–Kier alpha value is -1.33. The summed E-state index contributed by atoms with van der Waals surface area (Å²) in [7, 11) is 0. The molecular formula is C14H20ClN3O2. The van der Waals surface area contributed by atoms with Crippen molar-refractivity contribution in [2.24, 2.45) is 5.92 Å². The zero-order valence-corrected chi connectivity index (χ0v) is 12.3. The van der Waals surface area contributed by atoms with E-state index in [1.807, 2.05) is 6.92 Å². The Kier molecular flexibility index (Phi) is 5.20. The summed E-state index contributed by atoms with van der Waals surface area (Å²) in [6, 6.07) is 1.52. The summed E-state index contributed by atoms with van der Waals surface area (Å²) in [5.41, 5.74) is 1.44. The Labute approximate surface area is 123 Å². The molecule has 1 aliphatic carbocycles. The monoisotopic (exact) mass is 297 g/mol. The molecule has 0 aliphatic heterocycles. The summed E-state index contributed by atoms with van der Waals surface area (Å²) in [4.78, 5) is 15.8. The molecule has 2 amide bonds. The van der Waals surface area contributed by atoms with E-state index in [9.17, 15) is 9.90 Å². The lowest BCUT2D eigenvalue weighted by atomic mass is 9.87. The maximum atomic E-state index is 11.8. The van der Waals surface area contributed by atoms with Crippen LogP contribution in [-0.2, 0) is 0 Å². The van der Waals surface area contributed by atoms with Gasteiger partial charge in [-0.1, -0.05) is 18.0 Å². The molecular weight excluding hydrogens is 278 g/mol. The van der Waals surface area contributed by atoms with E-state index >= 15 is 0 Å². The van der Waals surface area contributed by atoms with Crippen molar-refractivity contribution < 1.29 is 9.90 Å². The van der Waals surface area contributed by atoms with E-state index in [2.05, 4.69) is 15.6 Å². The lowest BCUT2D eigenvalue weighted by molar-refractivity contribution is 0.101. The van der Waals surface area contributed by atoms with Gasteiger partial charge in [0.15, 0.2) is 0 Å². The number of aliphatic hydroxyl groups excluding tert-OH is 1. The molecule has 1 aromatic rings. The number of aryl methyl sites for hydroxylation is 1. The summed E-state index contributed by atoms with van der Waals surface area (Å²) in [6.07, 6.45) is 5.02. The molecule has 0 saturated heterocycles. The van der Waals surface area contributed by atoms with E-state index in [0.29, 0.717) is 23.3 Å². The van der Waals surface area contributed by atoms with Crippen LogP contribution in [-0.4, -0.2) is 28.8 Å². The number of rotatable bonds is 3. The van der Waals surface area contributed by atoms with Crippen molar-refractivity contribution >= 4 is 23.3 Å². The van der Waals surface area contributed by atoms with Crippen molar-refractivity contribution in [3.05, 3.63) is 23.0 Å². The normalized spacial score (nSPS) is 22.4. The van der Waals surface area contributed by atoms with Crippen LogP contribution in [0.3, 0.4) is 0 Å². The number of carbonyl (C=O) groups is 1. The van der Waals surface area contributed by atoms with Gasteiger partial charge in [-0.25, -0.2) is 9.78 Å². The number of amides is 2. The maximum Gasteiger partial charge on any atom is 0.319 e. The Morgan fingerprint density at radius 1 is 1.55 bits per heavy atom. The van der Waals surface area contributed by atoms with Crippen LogP contribution in [0.25, 0.3) is 0 Å². The van der Waals surface area contributed by atoms with Gasteiger partial charge in [-0.3, -0.25) is 0 Å². The Morgan fingerprint density at radius 2 is 2.35 bits per heavy atom. The molecule has 0 bridgehead atoms. The average Bonchev–Trinajstić information content (AvgIpc) is 2.41. The van der Waals surface area contributed by atoms with Gasteiger partial charge in [0.2, 0.25) is 0 Å². The lowest BCUT2D eigenvalue weighted by Crippen LogP contribution is -2.35. The van der Waals surface area contributed by atoms with E-state index in [1.54, 1.807) is 6.07 Å². The second kappa shape index (κ2) is 6.90. The predicted octanol–water partition coefficient (Wildman–Crippen LogP) is 2.72. The molecule has 0 spiro atoms. The highest BCUT2D eigenvalue weighted by molar-refractivity contribution is 6.30. The fraction of sp³-hybridized carbons (Fsp3) is 0.571. The number of hydrogen-bond donors (Lipinski definition) is 3. The Balaban J connectivity index is 1.78. The number of anilines is 1. The van der Waals surface area contributed by atoms with Gasteiger partial charge in [-0.2, -0.15) is 0 Å². The van der Waals surface area contributed by atoms with Gasteiger partial charge in [-0.05, 0) is 43.7 Å². The van der Waals surface area contributed by atoms with Crippen molar-refractivity contribution in [3.8, 4) is 0 Å². The van der Waals surface area contributed by atoms with Crippen molar-refractivity contribution in [1.29, 1.82) is 0 Å². The quantitative estimate of drug-likeness (QED) is 0.751. The molecule has 2 atom stereocenters. The highest BCUT2D eigenvalue weighted by Gasteiger charge is 2.20. The standard InChI is InChI=1S/C14H20ClN3O2/c1-9-5-11(8-16-13(9)15)18-14(20)17-7-10-3-2-4-12(19)6-10/h5,8,10,12,19H,2-4,6-7H2,1H3,(H2,17,18,20). The van der Waals surface area contributed by atoms with Crippen LogP contribution in [0.1, 0.15) is 31.2 Å². The van der Waals surface area contributed by atoms with E-state index in [-0.39, 0.29) is 12.1 Å². The Morgan fingerprint density at radius 3 is 3.05 bits per heavy atom. The van der Waals surface area contributed by atoms with E-state index < -0.39 is 0 Å². The molecule has 1 aromatic heterocycles. The molecule has 110 valence electrons. The molecule has 6 heteroatoms. The first-order valence-corrected chi connectivity index (χ1v) is 7.27. The van der Waals surface area contributed by atoms with Gasteiger partial charge in [0.25, 0.3) is 0 Å². The van der Waals surface area contributed by atoms with Crippen LogP contribution in [0.15, 0.2) is 12.3 Å². The first kappa shape index (κ1) is 15.1. The molecule has 0 aromatic carbocycles. The van der Waals surface area contributed by atoms with E-state index in [0.717, 1.165) is 31.2 Å². The third kappa shape index (κ3) is 4.35. The average molecular weight is 298 g/mol. The number of nitrogens with zero attached hydrogens (tertiary/aromatic N) is 1. The molecule has 5 nitrogen and oxygen atoms in total. The molecule has 1 aliphatic rings. The van der Waals surface area contributed by atoms with Crippen molar-refractivity contribution in [1.82, 2.24) is 10.3 Å². The molecule has 20 heavy (non-hydrogen) atoms. The van der Waals surface area contributed by atoms with Crippen molar-refractivity contribution in [3.63, 3.8) is 0 Å². The van der Waals surface area contributed by atoms with Crippen LogP contribution in [0, 0.1) is 12.8 Å². The van der Waals surface area contributed by atoms with Crippen LogP contribution in [0.2, 0.25) is 5.15 Å². The number of halogens is 1. The van der Waals surface area contributed by atoms with Crippen LogP contribution in [0.4, 0.5) is 10.5 Å². The lowest BCUT2D eigenvalue weighted by Gasteiger charge is -2.25. The summed E-state index contributed by atoms with van der Waals surface area (Å²) in [5, 5.41) is 15.6. The molecule has 1 saturated carbocycles. The van der Waals surface area contributed by atoms with E-state index in [4.69, 9.17) is 11.6 Å². The number of urea groups is 1. The number of carbonyl (C=O) groups excluding carboxylic acids is 1. The van der Waals surface area contributed by atoms with Crippen LogP contribution >= 0.6 is 11.6 Å². The van der Waals surface area contributed by atoms with Gasteiger partial charge in [0.05, 0.1) is 18.0 Å². The second-order valence-corrected chi connectivity index (χ2v) is 5.71. The smallest absolute Gasteiger partial charge is 0.319 e. The minimum atomic E-state index is -0.256. The van der Waals surface area contributed by atoms with Crippen molar-refractivity contribution in [2.75, 3.05) is 11.9 Å². The number of nitrogens with one attached hydrogen (secondary N) is 2. The zero-order valence-electron chi connectivity index (χ0n) is 11.5. The molecule has 1 heterocycles. The summed E-state index contributed by atoms with van der Waals surface area (Å²) in [6.45, 7) is 2.42. The predicted molar refractivity (Wildman–Crippen MR) is 79.0 cm³/mol. The summed E-state index contributed by atoms with van der Waals surface area (Å²) in [5.74, 6) is 0.356. The molecule has 2 rings (SSSR count). The van der Waals surface area contributed by atoms with Gasteiger partial charge in [0, 0.05) is 6.54 Å². The Bertz CT molecular complexity index is 481. The van der Waals surface area contributed by atoms with Crippen LogP contribution < -0.4 is 10.6 Å². The third-order valence-corrected chi connectivity index (χ3v) is 3.97. The number of pyridine rings is 1. The SMILES string of the molecule is Cc1cc(NC(=O)NCC2CCCC(O)C2)cnc1Cl. The zero-order chi connectivity index (χ0) is 14.5. The minimum absolute atomic E-state index is 0.221. The largest absolute Gasteiger partial charge is 0.393 e.